The van der Waals surface area contributed by atoms with Crippen LogP contribution in [0, 0.1) is 0 Å². The first kappa shape index (κ1) is 8.50. The maximum atomic E-state index is 10.1. The molecular formula is C7H13BrNO. The highest BCUT2D eigenvalue weighted by Crippen LogP contribution is 2.15. The van der Waals surface area contributed by atoms with E-state index in [1.54, 1.807) is 0 Å². The van der Waals surface area contributed by atoms with Gasteiger partial charge in [-0.05, 0) is 19.4 Å². The minimum atomic E-state index is 0.0729. The van der Waals surface area contributed by atoms with Gasteiger partial charge in [0.2, 0.25) is 0 Å². The molecule has 1 aliphatic rings. The molecule has 10 heavy (non-hydrogen) atoms. The third-order valence-electron chi connectivity index (χ3n) is 1.83. The summed E-state index contributed by atoms with van der Waals surface area (Å²) in [7, 11) is 0. The molecule has 1 aliphatic heterocycles. The van der Waals surface area contributed by atoms with Crippen LogP contribution in [0.2, 0.25) is 0 Å². The van der Waals surface area contributed by atoms with Gasteiger partial charge >= 0.3 is 0 Å². The van der Waals surface area contributed by atoms with Gasteiger partial charge in [0.25, 0.3) is 0 Å². The molecule has 0 aromatic rings. The van der Waals surface area contributed by atoms with E-state index in [1.807, 2.05) is 0 Å². The summed E-state index contributed by atoms with van der Waals surface area (Å²) in [6.45, 7) is 3.35. The van der Waals surface area contributed by atoms with Crippen LogP contribution < -0.4 is 0 Å². The van der Waals surface area contributed by atoms with E-state index in [9.17, 15) is 5.11 Å². The Bertz CT molecular complexity index is 99.6. The lowest BCUT2D eigenvalue weighted by Gasteiger charge is -2.12. The van der Waals surface area contributed by atoms with Crippen molar-refractivity contribution in [1.29, 1.82) is 0 Å². The van der Waals surface area contributed by atoms with Crippen molar-refractivity contribution >= 4 is 15.9 Å². The van der Waals surface area contributed by atoms with Gasteiger partial charge in [-0.2, -0.15) is 0 Å². The number of nitrogens with zero attached hydrogens (tertiary/aromatic N) is 1. The van der Waals surface area contributed by atoms with Crippen LogP contribution in [0.5, 0.6) is 0 Å². The van der Waals surface area contributed by atoms with Crippen LogP contribution in [0.3, 0.4) is 0 Å². The summed E-state index contributed by atoms with van der Waals surface area (Å²) in [6, 6.07) is 0. The minimum absolute atomic E-state index is 0.0729. The van der Waals surface area contributed by atoms with Crippen molar-refractivity contribution in [3.63, 3.8) is 0 Å². The van der Waals surface area contributed by atoms with Gasteiger partial charge in [-0.3, -0.25) is 0 Å². The Morgan fingerprint density at radius 1 is 1.60 bits per heavy atom. The Morgan fingerprint density at radius 2 is 2.40 bits per heavy atom. The summed E-state index contributed by atoms with van der Waals surface area (Å²) in [5, 5.41) is 10.1. The van der Waals surface area contributed by atoms with Crippen LogP contribution in [-0.2, 0) is 5.11 Å². The van der Waals surface area contributed by atoms with Crippen molar-refractivity contribution < 1.29 is 5.11 Å². The standard InChI is InChI=1S/C7H13BrNO/c8-7-2-4-9(6-7)3-1-5-10/h7H,1-6H2. The number of alkyl halides is 1. The second-order valence-electron chi connectivity index (χ2n) is 2.74. The van der Waals surface area contributed by atoms with Crippen molar-refractivity contribution in [3.05, 3.63) is 0 Å². The molecule has 1 radical (unpaired) electrons. The van der Waals surface area contributed by atoms with E-state index < -0.39 is 0 Å². The third kappa shape index (κ3) is 2.56. The Hall–Kier alpha value is 0.400. The quantitative estimate of drug-likeness (QED) is 0.639. The molecule has 1 fully saturated rings. The molecule has 0 bridgehead atoms. The van der Waals surface area contributed by atoms with Crippen molar-refractivity contribution in [2.75, 3.05) is 26.2 Å². The van der Waals surface area contributed by atoms with E-state index in [2.05, 4.69) is 20.8 Å². The predicted molar refractivity (Wildman–Crippen MR) is 43.9 cm³/mol. The van der Waals surface area contributed by atoms with Gasteiger partial charge in [0.1, 0.15) is 0 Å². The van der Waals surface area contributed by atoms with Gasteiger partial charge in [-0.25, -0.2) is 5.11 Å². The Labute approximate surface area is 70.3 Å². The first-order chi connectivity index (χ1) is 4.83. The minimum Gasteiger partial charge on any atom is -0.302 e. The summed E-state index contributed by atoms with van der Waals surface area (Å²) in [4.78, 5) is 3.01. The van der Waals surface area contributed by atoms with Crippen LogP contribution in [0.25, 0.3) is 0 Å². The van der Waals surface area contributed by atoms with Crippen LogP contribution in [0.15, 0.2) is 0 Å². The number of hydrogen-bond donors (Lipinski definition) is 0. The Kier molecular flexibility index (Phi) is 3.66. The molecule has 0 aromatic heterocycles. The molecule has 1 rings (SSSR count). The van der Waals surface area contributed by atoms with Gasteiger partial charge in [0.15, 0.2) is 0 Å². The van der Waals surface area contributed by atoms with E-state index in [0.29, 0.717) is 4.83 Å². The highest BCUT2D eigenvalue weighted by atomic mass is 79.9. The zero-order valence-corrected chi connectivity index (χ0v) is 7.64. The van der Waals surface area contributed by atoms with E-state index in [-0.39, 0.29) is 6.61 Å². The SMILES string of the molecule is [O]CCCN1CCC(Br)C1. The van der Waals surface area contributed by atoms with Gasteiger partial charge in [0.05, 0.1) is 6.61 Å². The lowest BCUT2D eigenvalue weighted by Crippen LogP contribution is -2.22. The molecule has 0 N–H and O–H groups in total. The normalized spacial score (nSPS) is 27.6. The molecule has 0 aliphatic carbocycles. The molecule has 2 nitrogen and oxygen atoms in total. The van der Waals surface area contributed by atoms with Gasteiger partial charge in [-0.1, -0.05) is 15.9 Å². The summed E-state index contributed by atoms with van der Waals surface area (Å²) in [6.07, 6.45) is 2.04. The van der Waals surface area contributed by atoms with Crippen LogP contribution in [0.4, 0.5) is 0 Å². The average molecular weight is 207 g/mol. The van der Waals surface area contributed by atoms with Gasteiger partial charge in [0, 0.05) is 17.9 Å². The van der Waals surface area contributed by atoms with Gasteiger partial charge in [-0.15, -0.1) is 0 Å². The smallest absolute Gasteiger partial charge is 0.0834 e. The maximum absolute atomic E-state index is 10.1. The Morgan fingerprint density at radius 3 is 2.90 bits per heavy atom. The van der Waals surface area contributed by atoms with Crippen molar-refractivity contribution in [2.24, 2.45) is 0 Å². The topological polar surface area (TPSA) is 23.1 Å². The fourth-order valence-electron chi connectivity index (χ4n) is 1.28. The highest BCUT2D eigenvalue weighted by molar-refractivity contribution is 9.09. The third-order valence-corrected chi connectivity index (χ3v) is 2.58. The van der Waals surface area contributed by atoms with E-state index in [0.717, 1.165) is 26.1 Å². The molecule has 1 heterocycles. The number of rotatable bonds is 3. The second kappa shape index (κ2) is 4.31. The fourth-order valence-corrected chi connectivity index (χ4v) is 1.89. The predicted octanol–water partition coefficient (Wildman–Crippen LogP) is 1.28. The molecule has 0 amide bonds. The van der Waals surface area contributed by atoms with Crippen molar-refractivity contribution in [2.45, 2.75) is 17.7 Å². The zero-order chi connectivity index (χ0) is 7.40. The van der Waals surface area contributed by atoms with Crippen LogP contribution in [-0.4, -0.2) is 36.0 Å². The summed E-state index contributed by atoms with van der Waals surface area (Å²) in [5.74, 6) is 0. The molecule has 0 aromatic carbocycles. The molecule has 0 saturated carbocycles. The molecule has 59 valence electrons. The first-order valence-corrected chi connectivity index (χ1v) is 4.69. The molecular weight excluding hydrogens is 194 g/mol. The molecule has 3 heteroatoms. The highest BCUT2D eigenvalue weighted by Gasteiger charge is 2.18. The van der Waals surface area contributed by atoms with Crippen molar-refractivity contribution in [1.82, 2.24) is 4.90 Å². The van der Waals surface area contributed by atoms with Gasteiger partial charge < -0.3 is 4.90 Å². The summed E-state index contributed by atoms with van der Waals surface area (Å²) >= 11 is 3.55. The zero-order valence-electron chi connectivity index (χ0n) is 6.05. The monoisotopic (exact) mass is 206 g/mol. The first-order valence-electron chi connectivity index (χ1n) is 3.77. The lowest BCUT2D eigenvalue weighted by atomic mass is 10.4. The van der Waals surface area contributed by atoms with Crippen LogP contribution >= 0.6 is 15.9 Å². The van der Waals surface area contributed by atoms with E-state index in [4.69, 9.17) is 0 Å². The molecule has 0 spiro atoms. The number of likely N-dealkylation sites (tertiary alicyclic amines) is 1. The lowest BCUT2D eigenvalue weighted by molar-refractivity contribution is 0.173. The van der Waals surface area contributed by atoms with E-state index in [1.165, 1.54) is 6.42 Å². The molecule has 1 unspecified atom stereocenters. The second-order valence-corrected chi connectivity index (χ2v) is 4.04. The van der Waals surface area contributed by atoms with Crippen molar-refractivity contribution in [3.8, 4) is 0 Å². The summed E-state index contributed by atoms with van der Waals surface area (Å²) in [5.41, 5.74) is 0. The molecule has 1 atom stereocenters. The number of halogens is 1. The van der Waals surface area contributed by atoms with E-state index >= 15 is 0 Å². The molecule has 1 saturated heterocycles. The largest absolute Gasteiger partial charge is 0.302 e. The van der Waals surface area contributed by atoms with Crippen LogP contribution in [0.1, 0.15) is 12.8 Å². The maximum Gasteiger partial charge on any atom is 0.0834 e. The fraction of sp³-hybridized carbons (Fsp3) is 1.00. The number of hydrogen-bond acceptors (Lipinski definition) is 1. The average Bonchev–Trinajstić information content (AvgIpc) is 2.31. The Balaban J connectivity index is 2.06. The summed E-state index contributed by atoms with van der Waals surface area (Å²) < 4.78 is 0.